The zero-order chi connectivity index (χ0) is 37.4. The number of halogens is 1. The fraction of sp³-hybridized carbons (Fsp3) is 0.119. The first-order valence-corrected chi connectivity index (χ1v) is 19.2. The van der Waals surface area contributed by atoms with Gasteiger partial charge in [0.05, 0.1) is 27.9 Å². The lowest BCUT2D eigenvalue weighted by Crippen LogP contribution is -2.32. The topological polar surface area (TPSA) is 140 Å². The molecule has 3 N–H and O–H groups in total. The highest BCUT2D eigenvalue weighted by atomic mass is 35.5. The highest BCUT2D eigenvalue weighted by molar-refractivity contribution is 8.13. The average molecular weight is 765 g/mol. The van der Waals surface area contributed by atoms with Crippen molar-refractivity contribution in [3.05, 3.63) is 131 Å². The predicted octanol–water partition coefficient (Wildman–Crippen LogP) is 8.45. The molecule has 2 aromatic heterocycles. The second-order valence-corrected chi connectivity index (χ2v) is 15.0. The van der Waals surface area contributed by atoms with Crippen LogP contribution in [0.15, 0.2) is 108 Å². The van der Waals surface area contributed by atoms with Gasteiger partial charge in [-0.3, -0.25) is 24.1 Å². The number of hydrogen-bond acceptors (Lipinski definition) is 7. The number of anilines is 2. The Morgan fingerprint density at radius 1 is 0.855 bits per heavy atom. The minimum absolute atomic E-state index is 0.125. The molecule has 3 aliphatic rings. The highest BCUT2D eigenvalue weighted by Gasteiger charge is 2.38. The number of ether oxygens (including phenoxy) is 1. The predicted molar refractivity (Wildman–Crippen MR) is 216 cm³/mol. The van der Waals surface area contributed by atoms with Crippen molar-refractivity contribution in [3.63, 3.8) is 0 Å². The van der Waals surface area contributed by atoms with E-state index in [0.29, 0.717) is 63.0 Å². The van der Waals surface area contributed by atoms with Gasteiger partial charge in [0.25, 0.3) is 28.9 Å². The molecule has 3 aliphatic heterocycles. The molecule has 10 rings (SSSR count). The van der Waals surface area contributed by atoms with Gasteiger partial charge in [-0.2, -0.15) is 0 Å². The smallest absolute Gasteiger partial charge is 0.274 e. The van der Waals surface area contributed by atoms with E-state index < -0.39 is 0 Å². The number of para-hydroxylation sites is 1. The number of nitrogens with one attached hydrogen (secondary N) is 3. The minimum Gasteiger partial charge on any atom is -0.433 e. The van der Waals surface area contributed by atoms with E-state index in [2.05, 4.69) is 15.3 Å². The number of imide groups is 1. The van der Waals surface area contributed by atoms with E-state index in [9.17, 15) is 19.2 Å². The van der Waals surface area contributed by atoms with Crippen molar-refractivity contribution in [1.29, 1.82) is 0 Å². The van der Waals surface area contributed by atoms with Crippen molar-refractivity contribution >= 4 is 102 Å². The maximum absolute atomic E-state index is 14.3. The molecule has 0 bridgehead atoms. The number of hydrogen-bond donors (Lipinski definition) is 3. The summed E-state index contributed by atoms with van der Waals surface area (Å²) in [7, 11) is 0. The number of nitrogens with zero attached hydrogens (tertiary/aromatic N) is 3. The number of carbonyl (C=O) groups excluding carboxylic acids is 4. The second kappa shape index (κ2) is 12.9. The minimum atomic E-state index is -0.305. The monoisotopic (exact) mass is 764 g/mol. The molecule has 5 aromatic carbocycles. The lowest BCUT2D eigenvalue weighted by Gasteiger charge is -2.22. The van der Waals surface area contributed by atoms with Gasteiger partial charge in [-0.25, -0.2) is 4.99 Å². The molecule has 4 amide bonds. The van der Waals surface area contributed by atoms with E-state index in [0.717, 1.165) is 43.8 Å². The number of aromatic nitrogens is 2. The van der Waals surface area contributed by atoms with E-state index in [1.54, 1.807) is 41.3 Å². The third-order valence-corrected chi connectivity index (χ3v) is 11.5. The van der Waals surface area contributed by atoms with Gasteiger partial charge in [0, 0.05) is 64.2 Å². The van der Waals surface area contributed by atoms with Crippen LogP contribution in [-0.4, -0.2) is 68.4 Å². The lowest BCUT2D eigenvalue weighted by atomic mass is 9.94. The summed E-state index contributed by atoms with van der Waals surface area (Å²) in [6.45, 7) is 0.577. The number of fused-ring (bicyclic) bond motifs is 5. The van der Waals surface area contributed by atoms with Gasteiger partial charge in [-0.1, -0.05) is 54.2 Å². The third kappa shape index (κ3) is 5.47. The van der Waals surface area contributed by atoms with Crippen LogP contribution in [0.4, 0.5) is 17.1 Å². The van der Waals surface area contributed by atoms with Gasteiger partial charge in [0.1, 0.15) is 17.1 Å². The molecule has 5 heterocycles. The van der Waals surface area contributed by atoms with Crippen molar-refractivity contribution < 1.29 is 23.9 Å². The van der Waals surface area contributed by atoms with Crippen LogP contribution in [0, 0.1) is 0 Å². The molecule has 55 heavy (non-hydrogen) atoms. The second-order valence-electron chi connectivity index (χ2n) is 13.6. The quantitative estimate of drug-likeness (QED) is 0.110. The fourth-order valence-corrected chi connectivity index (χ4v) is 8.81. The van der Waals surface area contributed by atoms with E-state index in [4.69, 9.17) is 21.3 Å². The number of aliphatic imine (C=N–C) groups is 1. The first-order valence-electron chi connectivity index (χ1n) is 17.7. The number of benzene rings is 5. The molecule has 11 nitrogen and oxygen atoms in total. The SMILES string of the molecule is O=C(Nc1ccc2[nH]c(C(=O)N3C[C@@H](CCl)c4c3cc3c5c(cccc45)N=C(SCCN4C(=O)c5ccccc5C4=O)O3)cc2c1)c1cc2ccccc2[nH]1. The van der Waals surface area contributed by atoms with Crippen LogP contribution < -0.4 is 15.0 Å². The Bertz CT molecular complexity index is 2780. The molecular formula is C42H29ClN6O5S. The molecule has 0 unspecified atom stereocenters. The molecule has 0 fully saturated rings. The van der Waals surface area contributed by atoms with Crippen molar-refractivity contribution in [2.75, 3.05) is 34.9 Å². The highest BCUT2D eigenvalue weighted by Crippen LogP contribution is 2.50. The summed E-state index contributed by atoms with van der Waals surface area (Å²) >= 11 is 7.87. The first kappa shape index (κ1) is 33.2. The Balaban J connectivity index is 0.897. The maximum atomic E-state index is 14.3. The van der Waals surface area contributed by atoms with Crippen LogP contribution in [0.5, 0.6) is 5.75 Å². The molecule has 1 atom stereocenters. The number of carbonyl (C=O) groups is 4. The molecule has 270 valence electrons. The fourth-order valence-electron chi connectivity index (χ4n) is 7.80. The van der Waals surface area contributed by atoms with E-state index in [-0.39, 0.29) is 36.1 Å². The van der Waals surface area contributed by atoms with Crippen LogP contribution in [-0.2, 0) is 0 Å². The Hall–Kier alpha value is -6.37. The number of amides is 4. The molecule has 0 radical (unpaired) electrons. The van der Waals surface area contributed by atoms with Crippen LogP contribution in [0.1, 0.15) is 53.2 Å². The summed E-state index contributed by atoms with van der Waals surface area (Å²) in [6, 6.07) is 31.3. The van der Waals surface area contributed by atoms with Gasteiger partial charge in [-0.05, 0) is 65.5 Å². The van der Waals surface area contributed by atoms with Crippen LogP contribution in [0.2, 0.25) is 0 Å². The number of thioether (sulfide) groups is 1. The molecule has 13 heteroatoms. The summed E-state index contributed by atoms with van der Waals surface area (Å²) in [6.07, 6.45) is 0. The molecule has 0 saturated heterocycles. The van der Waals surface area contributed by atoms with Gasteiger partial charge in [-0.15, -0.1) is 11.6 Å². The van der Waals surface area contributed by atoms with Gasteiger partial charge >= 0.3 is 0 Å². The molecule has 7 aromatic rings. The third-order valence-electron chi connectivity index (χ3n) is 10.4. The Kier molecular flexibility index (Phi) is 7.79. The Labute approximate surface area is 322 Å². The van der Waals surface area contributed by atoms with Gasteiger partial charge in [0.2, 0.25) is 0 Å². The van der Waals surface area contributed by atoms with Crippen LogP contribution in [0.3, 0.4) is 0 Å². The lowest BCUT2D eigenvalue weighted by molar-refractivity contribution is 0.0663. The zero-order valence-electron chi connectivity index (χ0n) is 28.9. The first-order chi connectivity index (χ1) is 26.8. The standard InChI is InChI=1S/C42H29ClN6O5S/c43-20-24-21-49(41(53)33-18-23-16-25(12-13-30(23)46-33)44-38(50)32-17-22-6-1-4-10-29(22)45-32)34-19-35-37-28(36(24)34)9-5-11-31(37)47-42(54-35)55-15-14-48-39(51)26-7-2-3-8-27(26)40(48)52/h1-13,16-19,24,45-46H,14-15,20-21H2,(H,44,50)/t24-/m1/s1. The molecule has 0 saturated carbocycles. The normalized spacial score (nSPS) is 15.8. The summed E-state index contributed by atoms with van der Waals surface area (Å²) in [5, 5.41) is 6.81. The van der Waals surface area contributed by atoms with Crippen LogP contribution in [0.25, 0.3) is 32.6 Å². The van der Waals surface area contributed by atoms with Crippen molar-refractivity contribution in [2.45, 2.75) is 5.92 Å². The number of alkyl halides is 1. The van der Waals surface area contributed by atoms with E-state index in [1.165, 1.54) is 16.7 Å². The largest absolute Gasteiger partial charge is 0.433 e. The van der Waals surface area contributed by atoms with Crippen LogP contribution >= 0.6 is 23.4 Å². The summed E-state index contributed by atoms with van der Waals surface area (Å²) in [4.78, 5) is 67.3. The molecule has 0 aliphatic carbocycles. The van der Waals surface area contributed by atoms with E-state index in [1.807, 2.05) is 66.7 Å². The van der Waals surface area contributed by atoms with Gasteiger partial charge in [0.15, 0.2) is 0 Å². The number of rotatable bonds is 7. The zero-order valence-corrected chi connectivity index (χ0v) is 30.5. The van der Waals surface area contributed by atoms with Crippen molar-refractivity contribution in [3.8, 4) is 5.75 Å². The summed E-state index contributed by atoms with van der Waals surface area (Å²) in [5.74, 6) is 0.0261. The Morgan fingerprint density at radius 2 is 1.60 bits per heavy atom. The van der Waals surface area contributed by atoms with Crippen molar-refractivity contribution in [1.82, 2.24) is 14.9 Å². The van der Waals surface area contributed by atoms with E-state index >= 15 is 0 Å². The molecule has 0 spiro atoms. The van der Waals surface area contributed by atoms with Gasteiger partial charge < -0.3 is 24.9 Å². The number of H-pyrrole nitrogens is 2. The summed E-state index contributed by atoms with van der Waals surface area (Å²) in [5.41, 5.74) is 6.29. The number of aromatic amines is 2. The molecular weight excluding hydrogens is 736 g/mol. The summed E-state index contributed by atoms with van der Waals surface area (Å²) < 4.78 is 6.36. The average Bonchev–Trinajstić information content (AvgIpc) is 3.98. The maximum Gasteiger partial charge on any atom is 0.274 e. The van der Waals surface area contributed by atoms with Crippen molar-refractivity contribution in [2.24, 2.45) is 4.99 Å². The Morgan fingerprint density at radius 3 is 2.40 bits per heavy atom.